The first-order chi connectivity index (χ1) is 10.8. The van der Waals surface area contributed by atoms with E-state index in [1.54, 1.807) is 0 Å². The zero-order valence-electron chi connectivity index (χ0n) is 12.7. The lowest BCUT2D eigenvalue weighted by Crippen LogP contribution is -2.12. The Morgan fingerprint density at radius 1 is 0.917 bits per heavy atom. The molecular formula is C15H14F5N3S. The fourth-order valence-electron chi connectivity index (χ4n) is 1.93. The van der Waals surface area contributed by atoms with Crippen molar-refractivity contribution in [3.63, 3.8) is 0 Å². The topological polar surface area (TPSA) is 39.1 Å². The number of nitrogens with one attached hydrogen (secondary N) is 1. The van der Waals surface area contributed by atoms with Gasteiger partial charge in [0.15, 0.2) is 0 Å². The van der Waals surface area contributed by atoms with E-state index >= 15 is 0 Å². The number of hydrogen-bond acceptors (Lipinski definition) is 3. The SMILES string of the molecule is CN(C)c1cc(Nc2ccc(C#N)cc2)cc(S(F)(F)(F)(F)F)c1. The number of anilines is 3. The molecule has 0 spiro atoms. The van der Waals surface area contributed by atoms with E-state index < -0.39 is 15.1 Å². The summed E-state index contributed by atoms with van der Waals surface area (Å²) >= 11 is 0. The van der Waals surface area contributed by atoms with Crippen LogP contribution in [0.3, 0.4) is 0 Å². The predicted octanol–water partition coefficient (Wildman–Crippen LogP) is 6.03. The maximum Gasteiger partial charge on any atom is 0.310 e. The number of halogens is 5. The lowest BCUT2D eigenvalue weighted by atomic mass is 10.2. The highest BCUT2D eigenvalue weighted by Gasteiger charge is 2.65. The average molecular weight is 363 g/mol. The van der Waals surface area contributed by atoms with Gasteiger partial charge in [0.05, 0.1) is 11.6 Å². The molecular weight excluding hydrogens is 349 g/mol. The normalized spacial score (nSPS) is 14.2. The Balaban J connectivity index is 2.50. The van der Waals surface area contributed by atoms with Gasteiger partial charge in [-0.15, -0.1) is 0 Å². The zero-order valence-corrected chi connectivity index (χ0v) is 13.6. The highest BCUT2D eigenvalue weighted by molar-refractivity contribution is 8.45. The van der Waals surface area contributed by atoms with E-state index in [4.69, 9.17) is 5.26 Å². The van der Waals surface area contributed by atoms with Crippen LogP contribution in [0.5, 0.6) is 0 Å². The van der Waals surface area contributed by atoms with Crippen LogP contribution in [-0.2, 0) is 0 Å². The van der Waals surface area contributed by atoms with Gasteiger partial charge < -0.3 is 10.2 Å². The first-order valence-electron chi connectivity index (χ1n) is 6.62. The zero-order chi connectivity index (χ0) is 18.2. The van der Waals surface area contributed by atoms with Crippen molar-refractivity contribution < 1.29 is 19.4 Å². The third-order valence-electron chi connectivity index (χ3n) is 3.16. The molecule has 2 rings (SSSR count). The van der Waals surface area contributed by atoms with Gasteiger partial charge in [-0.05, 0) is 42.5 Å². The molecule has 0 fully saturated rings. The van der Waals surface area contributed by atoms with Gasteiger partial charge in [-0.2, -0.15) is 5.26 Å². The second-order valence-corrected chi connectivity index (χ2v) is 7.80. The van der Waals surface area contributed by atoms with Crippen molar-refractivity contribution in [3.05, 3.63) is 48.0 Å². The third kappa shape index (κ3) is 4.29. The molecule has 0 heterocycles. The Hall–Kier alpha value is -2.47. The molecule has 0 saturated heterocycles. The van der Waals surface area contributed by atoms with Gasteiger partial charge in [0.1, 0.15) is 4.90 Å². The molecule has 3 nitrogen and oxygen atoms in total. The molecule has 0 aliphatic carbocycles. The molecule has 0 saturated carbocycles. The molecule has 130 valence electrons. The van der Waals surface area contributed by atoms with Gasteiger partial charge >= 0.3 is 10.2 Å². The first-order valence-corrected chi connectivity index (χ1v) is 8.57. The van der Waals surface area contributed by atoms with E-state index in [-0.39, 0.29) is 11.4 Å². The molecule has 9 heteroatoms. The molecule has 1 N–H and O–H groups in total. The van der Waals surface area contributed by atoms with Crippen LogP contribution in [0.1, 0.15) is 5.56 Å². The Morgan fingerprint density at radius 3 is 1.96 bits per heavy atom. The van der Waals surface area contributed by atoms with Crippen LogP contribution < -0.4 is 10.2 Å². The van der Waals surface area contributed by atoms with Crippen molar-refractivity contribution in [2.45, 2.75) is 4.90 Å². The van der Waals surface area contributed by atoms with Gasteiger partial charge in [0.25, 0.3) is 0 Å². The summed E-state index contributed by atoms with van der Waals surface area (Å²) in [5, 5.41) is 11.4. The van der Waals surface area contributed by atoms with Crippen LogP contribution in [0.2, 0.25) is 0 Å². The van der Waals surface area contributed by atoms with Crippen molar-refractivity contribution in [3.8, 4) is 6.07 Å². The monoisotopic (exact) mass is 363 g/mol. The second-order valence-electron chi connectivity index (χ2n) is 5.39. The quantitative estimate of drug-likeness (QED) is 0.675. The smallest absolute Gasteiger partial charge is 0.310 e. The number of nitrogens with zero attached hydrogens (tertiary/aromatic N) is 2. The van der Waals surface area contributed by atoms with E-state index in [0.29, 0.717) is 23.4 Å². The molecule has 24 heavy (non-hydrogen) atoms. The standard InChI is InChI=1S/C15H14F5N3S/c1-23(2)14-7-13(8-15(9-14)24(16,17,18,19)20)22-12-5-3-11(10-21)4-6-12/h3-9,22H,1-2H3. The van der Waals surface area contributed by atoms with Crippen molar-refractivity contribution in [1.29, 1.82) is 5.26 Å². The Morgan fingerprint density at radius 2 is 1.50 bits per heavy atom. The second kappa shape index (κ2) is 5.01. The van der Waals surface area contributed by atoms with E-state index in [9.17, 15) is 19.4 Å². The molecule has 0 aliphatic rings. The summed E-state index contributed by atoms with van der Waals surface area (Å²) in [6, 6.07) is 9.90. The van der Waals surface area contributed by atoms with Crippen molar-refractivity contribution in [2.75, 3.05) is 24.3 Å². The fourth-order valence-corrected chi connectivity index (χ4v) is 2.62. The number of rotatable bonds is 4. The lowest BCUT2D eigenvalue weighted by molar-refractivity contribution is 0.364. The summed E-state index contributed by atoms with van der Waals surface area (Å²) in [5.41, 5.74) is 0.597. The molecule has 0 atom stereocenters. The highest BCUT2D eigenvalue weighted by Crippen LogP contribution is 3.02. The minimum Gasteiger partial charge on any atom is -0.378 e. The van der Waals surface area contributed by atoms with Crippen LogP contribution in [0.25, 0.3) is 0 Å². The molecule has 0 amide bonds. The van der Waals surface area contributed by atoms with E-state index in [1.807, 2.05) is 6.07 Å². The summed E-state index contributed by atoms with van der Waals surface area (Å²) in [4.78, 5) is -0.658. The molecule has 0 bridgehead atoms. The van der Waals surface area contributed by atoms with Gasteiger partial charge in [-0.1, -0.05) is 19.4 Å². The number of nitriles is 1. The Kier molecular flexibility index (Phi) is 3.73. The molecule has 2 aromatic rings. The van der Waals surface area contributed by atoms with Crippen LogP contribution in [0.4, 0.5) is 36.5 Å². The van der Waals surface area contributed by atoms with Crippen molar-refractivity contribution >= 4 is 27.3 Å². The first kappa shape index (κ1) is 17.9. The molecule has 0 aliphatic heterocycles. The van der Waals surface area contributed by atoms with E-state index in [1.165, 1.54) is 49.3 Å². The van der Waals surface area contributed by atoms with Crippen LogP contribution >= 0.6 is 10.2 Å². The number of hydrogen-bond donors (Lipinski definition) is 1. The summed E-state index contributed by atoms with van der Waals surface area (Å²) in [6.07, 6.45) is 0. The summed E-state index contributed by atoms with van der Waals surface area (Å²) < 4.78 is 65.6. The predicted molar refractivity (Wildman–Crippen MR) is 86.6 cm³/mol. The maximum absolute atomic E-state index is 13.1. The number of benzene rings is 2. The minimum atomic E-state index is -9.80. The molecule has 0 unspecified atom stereocenters. The largest absolute Gasteiger partial charge is 0.378 e. The van der Waals surface area contributed by atoms with Crippen molar-refractivity contribution in [1.82, 2.24) is 0 Å². The van der Waals surface area contributed by atoms with E-state index in [0.717, 1.165) is 0 Å². The maximum atomic E-state index is 13.1. The van der Waals surface area contributed by atoms with E-state index in [2.05, 4.69) is 5.32 Å². The third-order valence-corrected chi connectivity index (χ3v) is 4.28. The summed E-state index contributed by atoms with van der Waals surface area (Å²) in [6.45, 7) is 0. The fraction of sp³-hybridized carbons (Fsp3) is 0.133. The van der Waals surface area contributed by atoms with Crippen LogP contribution in [0.15, 0.2) is 47.4 Å². The van der Waals surface area contributed by atoms with Gasteiger partial charge in [-0.3, -0.25) is 0 Å². The van der Waals surface area contributed by atoms with Crippen LogP contribution in [-0.4, -0.2) is 14.1 Å². The lowest BCUT2D eigenvalue weighted by Gasteiger charge is -2.41. The molecule has 0 aromatic heterocycles. The summed E-state index contributed by atoms with van der Waals surface area (Å²) in [5.74, 6) is 0. The van der Waals surface area contributed by atoms with Gasteiger partial charge in [0, 0.05) is 31.2 Å². The van der Waals surface area contributed by atoms with Gasteiger partial charge in [0.2, 0.25) is 0 Å². The van der Waals surface area contributed by atoms with Crippen molar-refractivity contribution in [2.24, 2.45) is 0 Å². The minimum absolute atomic E-state index is 0.0168. The van der Waals surface area contributed by atoms with Crippen LogP contribution in [0, 0.1) is 11.3 Å². The highest BCUT2D eigenvalue weighted by atomic mass is 32.5. The summed E-state index contributed by atoms with van der Waals surface area (Å²) in [7, 11) is -6.89. The molecule has 0 radical (unpaired) electrons. The molecule has 2 aromatic carbocycles. The Bertz CT molecular complexity index is 808. The average Bonchev–Trinajstić information content (AvgIpc) is 2.45. The van der Waals surface area contributed by atoms with Gasteiger partial charge in [-0.25, -0.2) is 0 Å². The Labute approximate surface area is 136 Å².